The van der Waals surface area contributed by atoms with E-state index in [2.05, 4.69) is 62.5 Å². The Morgan fingerprint density at radius 2 is 1.86 bits per heavy atom. The second-order valence-electron chi connectivity index (χ2n) is 7.17. The highest BCUT2D eigenvalue weighted by atomic mass is 79.9. The highest BCUT2D eigenvalue weighted by molar-refractivity contribution is 9.10. The number of thioether (sulfide) groups is 1. The molecule has 6 heteroatoms. The van der Waals surface area contributed by atoms with Crippen LogP contribution in [0.3, 0.4) is 0 Å². The van der Waals surface area contributed by atoms with Crippen molar-refractivity contribution in [2.24, 2.45) is 5.92 Å². The first-order valence-electron chi connectivity index (χ1n) is 9.67. The molecular weight excluding hydrogens is 456 g/mol. The second kappa shape index (κ2) is 11.2. The highest BCUT2D eigenvalue weighted by Crippen LogP contribution is 2.20. The number of rotatable bonds is 8. The van der Waals surface area contributed by atoms with Crippen molar-refractivity contribution < 1.29 is 4.79 Å². The van der Waals surface area contributed by atoms with E-state index >= 15 is 0 Å². The summed E-state index contributed by atoms with van der Waals surface area (Å²) in [5.41, 5.74) is 2.56. The molecule has 2 aromatic rings. The summed E-state index contributed by atoms with van der Waals surface area (Å²) < 4.78 is 1.10. The van der Waals surface area contributed by atoms with Gasteiger partial charge in [0.25, 0.3) is 0 Å². The number of nitrogens with one attached hydrogen (secondary N) is 1. The molecule has 1 heterocycles. The van der Waals surface area contributed by atoms with Gasteiger partial charge in [-0.3, -0.25) is 9.69 Å². The molecule has 3 nitrogen and oxygen atoms in total. The summed E-state index contributed by atoms with van der Waals surface area (Å²) in [5, 5.41) is 3.89. The molecule has 1 saturated heterocycles. The molecule has 0 saturated carbocycles. The third kappa shape index (κ3) is 7.11. The van der Waals surface area contributed by atoms with Crippen LogP contribution in [0, 0.1) is 5.92 Å². The van der Waals surface area contributed by atoms with E-state index in [0.717, 1.165) is 60.0 Å². The summed E-state index contributed by atoms with van der Waals surface area (Å²) in [6, 6.07) is 16.4. The number of hydrogen-bond donors (Lipinski definition) is 1. The van der Waals surface area contributed by atoms with Gasteiger partial charge in [0.1, 0.15) is 0 Å². The number of nitrogens with zero attached hydrogens (tertiary/aromatic N) is 1. The van der Waals surface area contributed by atoms with Gasteiger partial charge in [-0.1, -0.05) is 51.8 Å². The van der Waals surface area contributed by atoms with Crippen LogP contribution in [0.1, 0.15) is 24.0 Å². The zero-order valence-corrected chi connectivity index (χ0v) is 19.0. The number of benzene rings is 2. The molecule has 1 amide bonds. The van der Waals surface area contributed by atoms with E-state index in [1.54, 1.807) is 0 Å². The van der Waals surface area contributed by atoms with Crippen molar-refractivity contribution in [1.29, 1.82) is 0 Å². The fourth-order valence-corrected chi connectivity index (χ4v) is 4.63. The number of halogens is 2. The second-order valence-corrected chi connectivity index (χ2v) is 9.63. The van der Waals surface area contributed by atoms with Crippen LogP contribution in [0.2, 0.25) is 5.02 Å². The molecule has 1 aliphatic rings. The lowest BCUT2D eigenvalue weighted by Crippen LogP contribution is -2.43. The van der Waals surface area contributed by atoms with E-state index in [1.807, 2.05) is 23.9 Å². The van der Waals surface area contributed by atoms with Gasteiger partial charge in [-0.25, -0.2) is 0 Å². The first kappa shape index (κ1) is 21.7. The van der Waals surface area contributed by atoms with E-state index in [-0.39, 0.29) is 11.8 Å². The van der Waals surface area contributed by atoms with Crippen LogP contribution in [0.15, 0.2) is 53.0 Å². The molecule has 0 aromatic heterocycles. The van der Waals surface area contributed by atoms with Crippen LogP contribution < -0.4 is 5.32 Å². The highest BCUT2D eigenvalue weighted by Gasteiger charge is 2.25. The zero-order valence-electron chi connectivity index (χ0n) is 15.9. The first-order chi connectivity index (χ1) is 13.6. The van der Waals surface area contributed by atoms with Crippen LogP contribution in [-0.2, 0) is 17.1 Å². The minimum atomic E-state index is 0.102. The summed E-state index contributed by atoms with van der Waals surface area (Å²) in [6.45, 7) is 3.55. The van der Waals surface area contributed by atoms with E-state index in [1.165, 1.54) is 11.1 Å². The fourth-order valence-electron chi connectivity index (χ4n) is 3.42. The lowest BCUT2D eigenvalue weighted by Gasteiger charge is -2.32. The average Bonchev–Trinajstić information content (AvgIpc) is 2.71. The normalized spacial score (nSPS) is 17.4. The topological polar surface area (TPSA) is 32.3 Å². The van der Waals surface area contributed by atoms with Gasteiger partial charge in [0.05, 0.1) is 5.92 Å². The molecule has 1 N–H and O–H groups in total. The Labute approximate surface area is 185 Å². The quantitative estimate of drug-likeness (QED) is 0.515. The van der Waals surface area contributed by atoms with Crippen LogP contribution >= 0.6 is 39.3 Å². The van der Waals surface area contributed by atoms with Crippen LogP contribution in [0.5, 0.6) is 0 Å². The summed E-state index contributed by atoms with van der Waals surface area (Å²) in [6.07, 6.45) is 2.07. The standard InChI is InChI=1S/C22H26BrClN2OS/c23-20-7-3-17(4-8-20)14-26-12-1-2-19(15-26)22(27)25-11-13-28-16-18-5-9-21(24)10-6-18/h3-10,19H,1-2,11-16H2,(H,25,27). The Balaban J connectivity index is 1.35. The molecule has 1 aliphatic heterocycles. The Bertz CT molecular complexity index is 754. The Morgan fingerprint density at radius 3 is 2.61 bits per heavy atom. The van der Waals surface area contributed by atoms with Crippen LogP contribution in [0.25, 0.3) is 0 Å². The minimum absolute atomic E-state index is 0.102. The minimum Gasteiger partial charge on any atom is -0.355 e. The average molecular weight is 482 g/mol. The Kier molecular flexibility index (Phi) is 8.71. The summed E-state index contributed by atoms with van der Waals surface area (Å²) in [4.78, 5) is 14.9. The molecule has 1 atom stereocenters. The molecule has 150 valence electrons. The largest absolute Gasteiger partial charge is 0.355 e. The van der Waals surface area contributed by atoms with Crippen LogP contribution in [0.4, 0.5) is 0 Å². The fraction of sp³-hybridized carbons (Fsp3) is 0.409. The first-order valence-corrected chi connectivity index (χ1v) is 12.0. The summed E-state index contributed by atoms with van der Waals surface area (Å²) in [5.74, 6) is 2.17. The smallest absolute Gasteiger partial charge is 0.224 e. The summed E-state index contributed by atoms with van der Waals surface area (Å²) in [7, 11) is 0. The molecule has 28 heavy (non-hydrogen) atoms. The third-order valence-electron chi connectivity index (χ3n) is 4.92. The molecule has 0 spiro atoms. The molecule has 1 fully saturated rings. The monoisotopic (exact) mass is 480 g/mol. The van der Waals surface area contributed by atoms with Gasteiger partial charge in [0, 0.05) is 40.6 Å². The third-order valence-corrected chi connectivity index (χ3v) is 6.73. The predicted octanol–water partition coefficient (Wildman–Crippen LogP) is 5.36. The lowest BCUT2D eigenvalue weighted by atomic mass is 9.96. The van der Waals surface area contributed by atoms with Crippen molar-refractivity contribution in [2.75, 3.05) is 25.4 Å². The molecular formula is C22H26BrClN2OS. The van der Waals surface area contributed by atoms with Gasteiger partial charge in [-0.05, 0) is 54.8 Å². The molecule has 2 aromatic carbocycles. The van der Waals surface area contributed by atoms with E-state index in [4.69, 9.17) is 11.6 Å². The Morgan fingerprint density at radius 1 is 1.14 bits per heavy atom. The maximum atomic E-state index is 12.5. The maximum Gasteiger partial charge on any atom is 0.224 e. The molecule has 0 aliphatic carbocycles. The van der Waals surface area contributed by atoms with E-state index < -0.39 is 0 Å². The maximum absolute atomic E-state index is 12.5. The van der Waals surface area contributed by atoms with Gasteiger partial charge in [-0.2, -0.15) is 11.8 Å². The molecule has 1 unspecified atom stereocenters. The van der Waals surface area contributed by atoms with Gasteiger partial charge in [-0.15, -0.1) is 0 Å². The zero-order chi connectivity index (χ0) is 19.8. The van der Waals surface area contributed by atoms with Crippen molar-refractivity contribution >= 4 is 45.2 Å². The number of carbonyl (C=O) groups excluding carboxylic acids is 1. The van der Waals surface area contributed by atoms with E-state index in [0.29, 0.717) is 0 Å². The number of hydrogen-bond acceptors (Lipinski definition) is 3. The van der Waals surface area contributed by atoms with Crippen molar-refractivity contribution in [2.45, 2.75) is 25.1 Å². The van der Waals surface area contributed by atoms with Crippen LogP contribution in [-0.4, -0.2) is 36.2 Å². The number of carbonyl (C=O) groups is 1. The van der Waals surface area contributed by atoms with Gasteiger partial charge >= 0.3 is 0 Å². The van der Waals surface area contributed by atoms with Crippen molar-refractivity contribution in [3.05, 3.63) is 69.2 Å². The predicted molar refractivity (Wildman–Crippen MR) is 123 cm³/mol. The van der Waals surface area contributed by atoms with Gasteiger partial charge < -0.3 is 5.32 Å². The SMILES string of the molecule is O=C(NCCSCc1ccc(Cl)cc1)C1CCCN(Cc2ccc(Br)cc2)C1. The van der Waals surface area contributed by atoms with Gasteiger partial charge in [0.2, 0.25) is 5.91 Å². The number of amides is 1. The van der Waals surface area contributed by atoms with Gasteiger partial charge in [0.15, 0.2) is 0 Å². The number of piperidine rings is 1. The number of likely N-dealkylation sites (tertiary alicyclic amines) is 1. The van der Waals surface area contributed by atoms with Crippen molar-refractivity contribution in [1.82, 2.24) is 10.2 Å². The molecule has 0 radical (unpaired) electrons. The lowest BCUT2D eigenvalue weighted by molar-refractivity contribution is -0.126. The van der Waals surface area contributed by atoms with E-state index in [9.17, 15) is 4.79 Å². The summed E-state index contributed by atoms with van der Waals surface area (Å²) >= 11 is 11.2. The van der Waals surface area contributed by atoms with Crippen molar-refractivity contribution in [3.8, 4) is 0 Å². The molecule has 0 bridgehead atoms. The molecule has 3 rings (SSSR count). The Hall–Kier alpha value is -1.01. The van der Waals surface area contributed by atoms with Crippen molar-refractivity contribution in [3.63, 3.8) is 0 Å².